The molecule has 6 nitrogen and oxygen atoms in total. The number of benzene rings is 1. The summed E-state index contributed by atoms with van der Waals surface area (Å²) in [6.45, 7) is 5.47. The van der Waals surface area contributed by atoms with Gasteiger partial charge in [0.2, 0.25) is 0 Å². The Morgan fingerprint density at radius 3 is 2.58 bits per heavy atom. The highest BCUT2D eigenvalue weighted by Gasteiger charge is 2.09. The van der Waals surface area contributed by atoms with E-state index in [1.807, 2.05) is 32.0 Å². The van der Waals surface area contributed by atoms with Crippen molar-refractivity contribution in [3.63, 3.8) is 0 Å². The molecule has 2 N–H and O–H groups in total. The first kappa shape index (κ1) is 17.6. The van der Waals surface area contributed by atoms with Crippen molar-refractivity contribution in [3.8, 4) is 11.5 Å². The van der Waals surface area contributed by atoms with Gasteiger partial charge in [0.05, 0.1) is 13.2 Å². The lowest BCUT2D eigenvalue weighted by Crippen LogP contribution is -2.25. The SMILES string of the molecule is CCOc1ccc(CCNC(=O)c2cc(C=O)c[nH]2)cc1OCC. The van der Waals surface area contributed by atoms with Crippen LogP contribution in [-0.4, -0.2) is 36.9 Å². The van der Waals surface area contributed by atoms with Gasteiger partial charge in [-0.05, 0) is 44.0 Å². The molecule has 0 aliphatic heterocycles. The topological polar surface area (TPSA) is 80.4 Å². The van der Waals surface area contributed by atoms with E-state index in [4.69, 9.17) is 9.47 Å². The Morgan fingerprint density at radius 1 is 1.17 bits per heavy atom. The number of ether oxygens (including phenoxy) is 2. The molecular weight excluding hydrogens is 308 g/mol. The lowest BCUT2D eigenvalue weighted by atomic mass is 10.1. The lowest BCUT2D eigenvalue weighted by molar-refractivity contribution is 0.0949. The van der Waals surface area contributed by atoms with E-state index >= 15 is 0 Å². The third-order valence-corrected chi connectivity index (χ3v) is 3.39. The van der Waals surface area contributed by atoms with Crippen molar-refractivity contribution in [3.05, 3.63) is 47.3 Å². The average Bonchev–Trinajstić information content (AvgIpc) is 3.06. The predicted octanol–water partition coefficient (Wildman–Crippen LogP) is 2.60. The van der Waals surface area contributed by atoms with Crippen molar-refractivity contribution >= 4 is 12.2 Å². The minimum Gasteiger partial charge on any atom is -0.490 e. The summed E-state index contributed by atoms with van der Waals surface area (Å²) in [5.41, 5.74) is 1.87. The molecule has 128 valence electrons. The van der Waals surface area contributed by atoms with E-state index in [9.17, 15) is 9.59 Å². The number of hydrogen-bond acceptors (Lipinski definition) is 4. The molecule has 0 saturated carbocycles. The molecule has 0 atom stereocenters. The number of carbonyl (C=O) groups excluding carboxylic acids is 2. The Kier molecular flexibility index (Phi) is 6.42. The molecule has 24 heavy (non-hydrogen) atoms. The molecule has 1 aromatic carbocycles. The number of carbonyl (C=O) groups is 2. The number of H-pyrrole nitrogens is 1. The lowest BCUT2D eigenvalue weighted by Gasteiger charge is -2.12. The third kappa shape index (κ3) is 4.62. The molecule has 0 bridgehead atoms. The first-order chi connectivity index (χ1) is 11.7. The van der Waals surface area contributed by atoms with E-state index < -0.39 is 0 Å². The van der Waals surface area contributed by atoms with E-state index in [2.05, 4.69) is 10.3 Å². The molecule has 6 heteroatoms. The van der Waals surface area contributed by atoms with Crippen LogP contribution in [0.15, 0.2) is 30.5 Å². The first-order valence-electron chi connectivity index (χ1n) is 7.98. The van der Waals surface area contributed by atoms with Gasteiger partial charge in [0, 0.05) is 18.3 Å². The van der Waals surface area contributed by atoms with Crippen LogP contribution >= 0.6 is 0 Å². The maximum atomic E-state index is 12.0. The molecule has 0 saturated heterocycles. The summed E-state index contributed by atoms with van der Waals surface area (Å²) >= 11 is 0. The number of hydrogen-bond donors (Lipinski definition) is 2. The van der Waals surface area contributed by atoms with Gasteiger partial charge in [-0.15, -0.1) is 0 Å². The van der Waals surface area contributed by atoms with E-state index in [0.717, 1.165) is 11.3 Å². The molecule has 2 aromatic rings. The van der Waals surface area contributed by atoms with E-state index in [1.54, 1.807) is 0 Å². The van der Waals surface area contributed by atoms with Crippen LogP contribution in [0, 0.1) is 0 Å². The van der Waals surface area contributed by atoms with Crippen LogP contribution < -0.4 is 14.8 Å². The summed E-state index contributed by atoms with van der Waals surface area (Å²) in [4.78, 5) is 25.4. The summed E-state index contributed by atoms with van der Waals surface area (Å²) in [5, 5.41) is 2.82. The van der Waals surface area contributed by atoms with Crippen LogP contribution in [0.3, 0.4) is 0 Å². The maximum absolute atomic E-state index is 12.0. The second-order valence-corrected chi connectivity index (χ2v) is 5.12. The average molecular weight is 330 g/mol. The molecule has 0 spiro atoms. The fraction of sp³-hybridized carbons (Fsp3) is 0.333. The Balaban J connectivity index is 1.92. The summed E-state index contributed by atoms with van der Waals surface area (Å²) < 4.78 is 11.1. The number of aromatic amines is 1. The van der Waals surface area contributed by atoms with Crippen LogP contribution in [-0.2, 0) is 6.42 Å². The summed E-state index contributed by atoms with van der Waals surface area (Å²) in [6.07, 6.45) is 2.87. The van der Waals surface area contributed by atoms with Crippen molar-refractivity contribution in [1.82, 2.24) is 10.3 Å². The van der Waals surface area contributed by atoms with Crippen molar-refractivity contribution in [2.75, 3.05) is 19.8 Å². The van der Waals surface area contributed by atoms with Gasteiger partial charge in [-0.25, -0.2) is 0 Å². The molecule has 0 aliphatic rings. The summed E-state index contributed by atoms with van der Waals surface area (Å²) in [7, 11) is 0. The van der Waals surface area contributed by atoms with Crippen molar-refractivity contribution < 1.29 is 19.1 Å². The number of rotatable bonds is 9. The predicted molar refractivity (Wildman–Crippen MR) is 91.0 cm³/mol. The maximum Gasteiger partial charge on any atom is 0.267 e. The van der Waals surface area contributed by atoms with Crippen LogP contribution in [0.4, 0.5) is 0 Å². The second-order valence-electron chi connectivity index (χ2n) is 5.12. The van der Waals surface area contributed by atoms with Gasteiger partial charge in [-0.3, -0.25) is 9.59 Å². The van der Waals surface area contributed by atoms with Crippen LogP contribution in [0.25, 0.3) is 0 Å². The third-order valence-electron chi connectivity index (χ3n) is 3.39. The van der Waals surface area contributed by atoms with Crippen molar-refractivity contribution in [1.29, 1.82) is 0 Å². The van der Waals surface area contributed by atoms with Crippen molar-refractivity contribution in [2.45, 2.75) is 20.3 Å². The zero-order valence-electron chi connectivity index (χ0n) is 13.9. The van der Waals surface area contributed by atoms with Gasteiger partial charge in [-0.2, -0.15) is 0 Å². The number of aromatic nitrogens is 1. The standard InChI is InChI=1S/C18H22N2O4/c1-3-23-16-6-5-13(10-17(16)24-4-2)7-8-19-18(22)15-9-14(12-21)11-20-15/h5-6,9-12,20H,3-4,7-8H2,1-2H3,(H,19,22). The van der Waals surface area contributed by atoms with Crippen LogP contribution in [0.5, 0.6) is 11.5 Å². The molecule has 2 rings (SSSR count). The van der Waals surface area contributed by atoms with E-state index in [0.29, 0.717) is 49.5 Å². The molecule has 0 radical (unpaired) electrons. The molecule has 1 amide bonds. The van der Waals surface area contributed by atoms with E-state index in [1.165, 1.54) is 12.3 Å². The van der Waals surface area contributed by atoms with Gasteiger partial charge >= 0.3 is 0 Å². The Morgan fingerprint density at radius 2 is 1.92 bits per heavy atom. The molecule has 1 heterocycles. The highest BCUT2D eigenvalue weighted by atomic mass is 16.5. The van der Waals surface area contributed by atoms with Gasteiger partial charge in [0.1, 0.15) is 5.69 Å². The monoisotopic (exact) mass is 330 g/mol. The number of aldehydes is 1. The van der Waals surface area contributed by atoms with Gasteiger partial charge < -0.3 is 19.8 Å². The number of amides is 1. The zero-order chi connectivity index (χ0) is 17.4. The quantitative estimate of drug-likeness (QED) is 0.693. The molecule has 0 unspecified atom stereocenters. The largest absolute Gasteiger partial charge is 0.490 e. The summed E-state index contributed by atoms with van der Waals surface area (Å²) in [5.74, 6) is 1.20. The fourth-order valence-electron chi connectivity index (χ4n) is 2.28. The molecular formula is C18H22N2O4. The zero-order valence-corrected chi connectivity index (χ0v) is 13.9. The second kappa shape index (κ2) is 8.76. The highest BCUT2D eigenvalue weighted by molar-refractivity contribution is 5.94. The number of nitrogens with one attached hydrogen (secondary N) is 2. The molecule has 0 fully saturated rings. The van der Waals surface area contributed by atoms with Crippen molar-refractivity contribution in [2.24, 2.45) is 0 Å². The highest BCUT2D eigenvalue weighted by Crippen LogP contribution is 2.28. The normalized spacial score (nSPS) is 10.2. The minimum absolute atomic E-state index is 0.237. The van der Waals surface area contributed by atoms with Crippen LogP contribution in [0.2, 0.25) is 0 Å². The first-order valence-corrected chi connectivity index (χ1v) is 7.98. The molecule has 1 aromatic heterocycles. The summed E-state index contributed by atoms with van der Waals surface area (Å²) in [6, 6.07) is 7.29. The smallest absolute Gasteiger partial charge is 0.267 e. The van der Waals surface area contributed by atoms with Gasteiger partial charge in [-0.1, -0.05) is 6.07 Å². The van der Waals surface area contributed by atoms with Crippen LogP contribution in [0.1, 0.15) is 40.3 Å². The minimum atomic E-state index is -0.237. The van der Waals surface area contributed by atoms with E-state index in [-0.39, 0.29) is 5.91 Å². The molecule has 0 aliphatic carbocycles. The Hall–Kier alpha value is -2.76. The van der Waals surface area contributed by atoms with Gasteiger partial charge in [0.25, 0.3) is 5.91 Å². The Bertz CT molecular complexity index is 694. The van der Waals surface area contributed by atoms with Gasteiger partial charge in [0.15, 0.2) is 17.8 Å². The Labute approximate surface area is 141 Å². The fourth-order valence-corrected chi connectivity index (χ4v) is 2.28.